The van der Waals surface area contributed by atoms with Crippen LogP contribution < -0.4 is 4.74 Å². The summed E-state index contributed by atoms with van der Waals surface area (Å²) in [5.74, 6) is 0.374. The second-order valence-corrected chi connectivity index (χ2v) is 6.27. The predicted octanol–water partition coefficient (Wildman–Crippen LogP) is 5.66. The Hall–Kier alpha value is -3.04. The minimum atomic E-state index is -4.56. The van der Waals surface area contributed by atoms with E-state index >= 15 is 0 Å². The number of alkyl halides is 6. The second kappa shape index (κ2) is 7.41. The molecule has 0 aliphatic heterocycles. The van der Waals surface area contributed by atoms with Crippen molar-refractivity contribution < 1.29 is 31.1 Å². The van der Waals surface area contributed by atoms with Crippen molar-refractivity contribution in [2.24, 2.45) is 7.05 Å². The number of halogens is 6. The number of nitrogens with zero attached hydrogens (tertiary/aromatic N) is 3. The van der Waals surface area contributed by atoms with Gasteiger partial charge in [0.2, 0.25) is 0 Å². The van der Waals surface area contributed by atoms with Gasteiger partial charge in [0.05, 0.1) is 11.1 Å². The summed E-state index contributed by atoms with van der Waals surface area (Å²) in [5.41, 5.74) is -1.80. The number of rotatable bonds is 4. The molecule has 1 atom stereocenters. The third kappa shape index (κ3) is 4.36. The Kier molecular flexibility index (Phi) is 5.29. The zero-order valence-electron chi connectivity index (χ0n) is 15.2. The molecule has 0 saturated heterocycles. The topological polar surface area (TPSA) is 39.9 Å². The minimum absolute atomic E-state index is 0.00389. The fraction of sp³-hybridized carbons (Fsp3) is 0.263. The van der Waals surface area contributed by atoms with Gasteiger partial charge in [-0.05, 0) is 37.3 Å². The Morgan fingerprint density at radius 3 is 2.07 bits per heavy atom. The molecule has 3 aromatic rings. The van der Waals surface area contributed by atoms with Crippen LogP contribution in [0.25, 0.3) is 11.4 Å². The molecule has 1 aromatic heterocycles. The summed E-state index contributed by atoms with van der Waals surface area (Å²) >= 11 is 0. The van der Waals surface area contributed by atoms with Crippen LogP contribution in [0.1, 0.15) is 30.0 Å². The highest BCUT2D eigenvalue weighted by molar-refractivity contribution is 5.61. The third-order valence-corrected chi connectivity index (χ3v) is 4.24. The van der Waals surface area contributed by atoms with Crippen LogP contribution in [0, 0.1) is 0 Å². The highest BCUT2D eigenvalue weighted by Crippen LogP contribution is 2.37. The van der Waals surface area contributed by atoms with E-state index in [1.54, 1.807) is 6.92 Å². The highest BCUT2D eigenvalue weighted by atomic mass is 19.4. The number of ether oxygens (including phenoxy) is 1. The molecule has 29 heavy (non-hydrogen) atoms. The summed E-state index contributed by atoms with van der Waals surface area (Å²) in [6.45, 7) is 1.57. The maximum Gasteiger partial charge on any atom is 0.417 e. The minimum Gasteiger partial charge on any atom is -0.483 e. The Bertz CT molecular complexity index is 992. The van der Waals surface area contributed by atoms with Gasteiger partial charge in [0.25, 0.3) is 0 Å². The van der Waals surface area contributed by atoms with Gasteiger partial charge in [0, 0.05) is 12.6 Å². The molecular formula is C19H15F6N3O. The lowest BCUT2D eigenvalue weighted by Gasteiger charge is -2.16. The van der Waals surface area contributed by atoms with E-state index in [0.717, 1.165) is 30.3 Å². The van der Waals surface area contributed by atoms with Crippen LogP contribution in [0.5, 0.6) is 5.75 Å². The molecule has 154 valence electrons. The van der Waals surface area contributed by atoms with Gasteiger partial charge in [-0.3, -0.25) is 0 Å². The Morgan fingerprint density at radius 2 is 1.48 bits per heavy atom. The van der Waals surface area contributed by atoms with Crippen LogP contribution in [0.4, 0.5) is 26.3 Å². The molecule has 0 saturated carbocycles. The lowest BCUT2D eigenvalue weighted by atomic mass is 10.1. The molecule has 0 radical (unpaired) electrons. The first kappa shape index (κ1) is 20.7. The van der Waals surface area contributed by atoms with Crippen LogP contribution in [0.3, 0.4) is 0 Å². The van der Waals surface area contributed by atoms with E-state index < -0.39 is 29.6 Å². The summed E-state index contributed by atoms with van der Waals surface area (Å²) in [4.78, 5) is 0. The number of benzene rings is 2. The predicted molar refractivity (Wildman–Crippen MR) is 91.9 cm³/mol. The quantitative estimate of drug-likeness (QED) is 0.517. The van der Waals surface area contributed by atoms with Crippen molar-refractivity contribution in [2.45, 2.75) is 25.4 Å². The van der Waals surface area contributed by atoms with E-state index in [1.807, 2.05) is 0 Å². The first-order chi connectivity index (χ1) is 13.5. The van der Waals surface area contributed by atoms with E-state index in [4.69, 9.17) is 4.74 Å². The largest absolute Gasteiger partial charge is 0.483 e. The van der Waals surface area contributed by atoms with E-state index in [2.05, 4.69) is 10.2 Å². The lowest BCUT2D eigenvalue weighted by molar-refractivity contribution is -0.138. The molecule has 0 fully saturated rings. The fourth-order valence-corrected chi connectivity index (χ4v) is 2.83. The Balaban J connectivity index is 1.86. The number of hydrogen-bond acceptors (Lipinski definition) is 3. The number of hydrogen-bond donors (Lipinski definition) is 0. The van der Waals surface area contributed by atoms with Gasteiger partial charge in [-0.15, -0.1) is 10.2 Å². The van der Waals surface area contributed by atoms with E-state index in [1.165, 1.54) is 29.8 Å². The van der Waals surface area contributed by atoms with Crippen molar-refractivity contribution in [1.82, 2.24) is 14.8 Å². The smallest absolute Gasteiger partial charge is 0.417 e. The van der Waals surface area contributed by atoms with Crippen molar-refractivity contribution in [3.05, 3.63) is 65.5 Å². The van der Waals surface area contributed by atoms with E-state index in [-0.39, 0.29) is 23.0 Å². The third-order valence-electron chi connectivity index (χ3n) is 4.24. The molecule has 10 heteroatoms. The molecule has 0 spiro atoms. The van der Waals surface area contributed by atoms with E-state index in [9.17, 15) is 26.3 Å². The molecule has 0 N–H and O–H groups in total. The van der Waals surface area contributed by atoms with E-state index in [0.29, 0.717) is 0 Å². The standard InChI is InChI=1S/C19H15F6N3O/c1-11(29-13-9-7-12(8-10-13)18(20,21)22)16-26-27-17(28(16)2)14-5-3-4-6-15(14)19(23,24)25/h3-11H,1-2H3/t11-/m0/s1. The van der Waals surface area contributed by atoms with Gasteiger partial charge in [0.1, 0.15) is 5.75 Å². The lowest BCUT2D eigenvalue weighted by Crippen LogP contribution is -2.12. The summed E-state index contributed by atoms with van der Waals surface area (Å²) in [5, 5.41) is 7.76. The van der Waals surface area contributed by atoms with Crippen molar-refractivity contribution in [3.8, 4) is 17.1 Å². The van der Waals surface area contributed by atoms with Gasteiger partial charge in [-0.1, -0.05) is 18.2 Å². The van der Waals surface area contributed by atoms with Crippen LogP contribution in [0.2, 0.25) is 0 Å². The fourth-order valence-electron chi connectivity index (χ4n) is 2.83. The Morgan fingerprint density at radius 1 is 0.862 bits per heavy atom. The number of aromatic nitrogens is 3. The maximum absolute atomic E-state index is 13.3. The average molecular weight is 415 g/mol. The maximum atomic E-state index is 13.3. The summed E-state index contributed by atoms with van der Waals surface area (Å²) < 4.78 is 84.7. The molecule has 0 unspecified atom stereocenters. The van der Waals surface area contributed by atoms with Crippen LogP contribution >= 0.6 is 0 Å². The van der Waals surface area contributed by atoms with Gasteiger partial charge in [0.15, 0.2) is 17.8 Å². The molecule has 0 aliphatic rings. The zero-order valence-corrected chi connectivity index (χ0v) is 15.2. The molecule has 2 aromatic carbocycles. The van der Waals surface area contributed by atoms with Crippen LogP contribution in [0.15, 0.2) is 48.5 Å². The summed E-state index contributed by atoms with van der Waals surface area (Å²) in [7, 11) is 1.49. The second-order valence-electron chi connectivity index (χ2n) is 6.27. The van der Waals surface area contributed by atoms with Gasteiger partial charge >= 0.3 is 12.4 Å². The molecule has 1 heterocycles. The zero-order chi connectivity index (χ0) is 21.4. The summed E-state index contributed by atoms with van der Waals surface area (Å²) in [6.07, 6.45) is -9.80. The molecule has 4 nitrogen and oxygen atoms in total. The molecular weight excluding hydrogens is 400 g/mol. The van der Waals surface area contributed by atoms with Crippen LogP contribution in [-0.2, 0) is 19.4 Å². The Labute approximate surface area is 161 Å². The van der Waals surface area contributed by atoms with Crippen molar-refractivity contribution in [2.75, 3.05) is 0 Å². The van der Waals surface area contributed by atoms with Crippen LogP contribution in [-0.4, -0.2) is 14.8 Å². The highest BCUT2D eigenvalue weighted by Gasteiger charge is 2.35. The first-order valence-electron chi connectivity index (χ1n) is 8.38. The average Bonchev–Trinajstić information content (AvgIpc) is 3.02. The molecule has 0 aliphatic carbocycles. The van der Waals surface area contributed by atoms with Crippen molar-refractivity contribution in [3.63, 3.8) is 0 Å². The monoisotopic (exact) mass is 415 g/mol. The van der Waals surface area contributed by atoms with Gasteiger partial charge in [-0.25, -0.2) is 0 Å². The van der Waals surface area contributed by atoms with Crippen molar-refractivity contribution >= 4 is 0 Å². The first-order valence-corrected chi connectivity index (χ1v) is 8.38. The van der Waals surface area contributed by atoms with Gasteiger partial charge < -0.3 is 9.30 Å². The normalized spacial score (nSPS) is 13.4. The summed E-state index contributed by atoms with van der Waals surface area (Å²) in [6, 6.07) is 9.06. The van der Waals surface area contributed by atoms with Crippen molar-refractivity contribution in [1.29, 1.82) is 0 Å². The molecule has 0 bridgehead atoms. The van der Waals surface area contributed by atoms with Gasteiger partial charge in [-0.2, -0.15) is 26.3 Å². The SMILES string of the molecule is C[C@H](Oc1ccc(C(F)(F)F)cc1)c1nnc(-c2ccccc2C(F)(F)F)n1C. The molecule has 0 amide bonds. The molecule has 3 rings (SSSR count).